The van der Waals surface area contributed by atoms with Crippen molar-refractivity contribution in [3.63, 3.8) is 0 Å². The minimum Gasteiger partial charge on any atom is -0.507 e. The molecule has 0 radical (unpaired) electrons. The summed E-state index contributed by atoms with van der Waals surface area (Å²) >= 11 is 0. The van der Waals surface area contributed by atoms with Crippen LogP contribution in [0.2, 0.25) is 0 Å². The Labute approximate surface area is 141 Å². The molecule has 0 bridgehead atoms. The van der Waals surface area contributed by atoms with Gasteiger partial charge in [0, 0.05) is 5.56 Å². The third kappa shape index (κ3) is 3.30. The molecule has 0 unspecified atom stereocenters. The molecule has 3 aromatic rings. The van der Waals surface area contributed by atoms with Crippen molar-refractivity contribution in [3.05, 3.63) is 89.5 Å². The third-order valence-electron chi connectivity index (χ3n) is 3.96. The summed E-state index contributed by atoms with van der Waals surface area (Å²) in [7, 11) is 1.36. The number of esters is 1. The quantitative estimate of drug-likeness (QED) is 0.724. The van der Waals surface area contributed by atoms with Crippen LogP contribution in [0.1, 0.15) is 21.5 Å². The van der Waals surface area contributed by atoms with Crippen LogP contribution in [-0.4, -0.2) is 18.2 Å². The molecule has 0 saturated heterocycles. The second-order valence-electron chi connectivity index (χ2n) is 5.54. The number of aromatic hydroxyl groups is 1. The molecule has 0 spiro atoms. The Morgan fingerprint density at radius 1 is 0.917 bits per heavy atom. The molecular formula is C21H18O3. The van der Waals surface area contributed by atoms with Gasteiger partial charge < -0.3 is 9.84 Å². The molecule has 3 rings (SSSR count). The SMILES string of the molecule is COC(=O)c1ccc(-c2c(O)cccc2Cc2ccccc2)cc1. The minimum absolute atomic E-state index is 0.231. The molecule has 0 saturated carbocycles. The van der Waals surface area contributed by atoms with Crippen molar-refractivity contribution in [1.29, 1.82) is 0 Å². The lowest BCUT2D eigenvalue weighted by Gasteiger charge is -2.12. The van der Waals surface area contributed by atoms with Crippen molar-refractivity contribution >= 4 is 5.97 Å². The average molecular weight is 318 g/mol. The fraction of sp³-hybridized carbons (Fsp3) is 0.0952. The molecule has 0 fully saturated rings. The van der Waals surface area contributed by atoms with Crippen molar-refractivity contribution < 1.29 is 14.6 Å². The fourth-order valence-corrected chi connectivity index (χ4v) is 2.77. The molecule has 1 N–H and O–H groups in total. The highest BCUT2D eigenvalue weighted by atomic mass is 16.5. The number of hydrogen-bond acceptors (Lipinski definition) is 3. The third-order valence-corrected chi connectivity index (χ3v) is 3.96. The lowest BCUT2D eigenvalue weighted by Crippen LogP contribution is -2.00. The van der Waals surface area contributed by atoms with Gasteiger partial charge in [-0.3, -0.25) is 0 Å². The average Bonchev–Trinajstić information content (AvgIpc) is 2.62. The Kier molecular flexibility index (Phi) is 4.62. The monoisotopic (exact) mass is 318 g/mol. The van der Waals surface area contributed by atoms with Crippen molar-refractivity contribution in [2.24, 2.45) is 0 Å². The molecular weight excluding hydrogens is 300 g/mol. The largest absolute Gasteiger partial charge is 0.507 e. The van der Waals surface area contributed by atoms with Gasteiger partial charge in [-0.1, -0.05) is 54.6 Å². The standard InChI is InChI=1S/C21H18O3/c1-24-21(23)17-12-10-16(11-13-17)20-18(8-5-9-19(20)22)14-15-6-3-2-4-7-15/h2-13,22H,14H2,1H3. The van der Waals surface area contributed by atoms with Gasteiger partial charge in [-0.05, 0) is 41.3 Å². The second-order valence-corrected chi connectivity index (χ2v) is 5.54. The van der Waals surface area contributed by atoms with E-state index in [9.17, 15) is 9.90 Å². The molecule has 0 aromatic heterocycles. The molecule has 3 aromatic carbocycles. The van der Waals surface area contributed by atoms with Crippen LogP contribution in [0.25, 0.3) is 11.1 Å². The Hall–Kier alpha value is -3.07. The van der Waals surface area contributed by atoms with Crippen LogP contribution in [0.5, 0.6) is 5.75 Å². The van der Waals surface area contributed by atoms with E-state index >= 15 is 0 Å². The van der Waals surface area contributed by atoms with Crippen molar-refractivity contribution in [3.8, 4) is 16.9 Å². The van der Waals surface area contributed by atoms with E-state index in [0.717, 1.165) is 23.1 Å². The molecule has 3 heteroatoms. The van der Waals surface area contributed by atoms with Gasteiger partial charge >= 0.3 is 5.97 Å². The van der Waals surface area contributed by atoms with Gasteiger partial charge in [-0.15, -0.1) is 0 Å². The first-order chi connectivity index (χ1) is 11.7. The van der Waals surface area contributed by atoms with E-state index in [4.69, 9.17) is 4.74 Å². The summed E-state index contributed by atoms with van der Waals surface area (Å²) in [5, 5.41) is 10.4. The topological polar surface area (TPSA) is 46.5 Å². The minimum atomic E-state index is -0.372. The highest BCUT2D eigenvalue weighted by molar-refractivity contribution is 5.90. The van der Waals surface area contributed by atoms with Gasteiger partial charge in [0.15, 0.2) is 0 Å². The number of benzene rings is 3. The molecule has 24 heavy (non-hydrogen) atoms. The first-order valence-electron chi connectivity index (χ1n) is 7.72. The fourth-order valence-electron chi connectivity index (χ4n) is 2.77. The van der Waals surface area contributed by atoms with Crippen LogP contribution in [0.3, 0.4) is 0 Å². The summed E-state index contributed by atoms with van der Waals surface area (Å²) in [6.45, 7) is 0. The zero-order valence-corrected chi connectivity index (χ0v) is 13.4. The van der Waals surface area contributed by atoms with E-state index in [0.29, 0.717) is 5.56 Å². The van der Waals surface area contributed by atoms with Gasteiger partial charge in [-0.25, -0.2) is 4.79 Å². The molecule has 0 aliphatic carbocycles. The Morgan fingerprint density at radius 3 is 2.29 bits per heavy atom. The Morgan fingerprint density at radius 2 is 1.62 bits per heavy atom. The second kappa shape index (κ2) is 7.01. The first kappa shape index (κ1) is 15.8. The lowest BCUT2D eigenvalue weighted by molar-refractivity contribution is 0.0601. The maximum absolute atomic E-state index is 11.6. The number of hydrogen-bond donors (Lipinski definition) is 1. The molecule has 3 nitrogen and oxygen atoms in total. The molecule has 120 valence electrons. The van der Waals surface area contributed by atoms with Crippen molar-refractivity contribution in [2.45, 2.75) is 6.42 Å². The normalized spacial score (nSPS) is 10.4. The molecule has 0 heterocycles. The highest BCUT2D eigenvalue weighted by Gasteiger charge is 2.12. The summed E-state index contributed by atoms with van der Waals surface area (Å²) in [6.07, 6.45) is 0.726. The van der Waals surface area contributed by atoms with Crippen LogP contribution in [0.15, 0.2) is 72.8 Å². The molecule has 0 amide bonds. The van der Waals surface area contributed by atoms with Gasteiger partial charge in [0.25, 0.3) is 0 Å². The zero-order chi connectivity index (χ0) is 16.9. The number of rotatable bonds is 4. The smallest absolute Gasteiger partial charge is 0.337 e. The van der Waals surface area contributed by atoms with Crippen molar-refractivity contribution in [2.75, 3.05) is 7.11 Å². The molecule has 0 aliphatic heterocycles. The summed E-state index contributed by atoms with van der Waals surface area (Å²) in [6, 6.07) is 22.7. The van der Waals surface area contributed by atoms with Crippen LogP contribution < -0.4 is 0 Å². The van der Waals surface area contributed by atoms with E-state index in [2.05, 4.69) is 12.1 Å². The summed E-state index contributed by atoms with van der Waals surface area (Å²) in [5.74, 6) is -0.141. The van der Waals surface area contributed by atoms with Crippen LogP contribution in [0.4, 0.5) is 0 Å². The van der Waals surface area contributed by atoms with E-state index in [1.165, 1.54) is 12.7 Å². The molecule has 0 aliphatic rings. The van der Waals surface area contributed by atoms with Gasteiger partial charge in [0.2, 0.25) is 0 Å². The number of methoxy groups -OCH3 is 1. The van der Waals surface area contributed by atoms with E-state index < -0.39 is 0 Å². The summed E-state index contributed by atoms with van der Waals surface area (Å²) < 4.78 is 4.72. The van der Waals surface area contributed by atoms with Crippen LogP contribution in [0, 0.1) is 0 Å². The van der Waals surface area contributed by atoms with E-state index in [-0.39, 0.29) is 11.7 Å². The number of phenolic OH excluding ortho intramolecular Hbond substituents is 1. The van der Waals surface area contributed by atoms with Gasteiger partial charge in [0.05, 0.1) is 12.7 Å². The number of ether oxygens (including phenoxy) is 1. The van der Waals surface area contributed by atoms with E-state index in [1.807, 2.05) is 42.5 Å². The Balaban J connectivity index is 1.99. The number of carbonyl (C=O) groups excluding carboxylic acids is 1. The van der Waals surface area contributed by atoms with Crippen molar-refractivity contribution in [1.82, 2.24) is 0 Å². The van der Waals surface area contributed by atoms with Gasteiger partial charge in [-0.2, -0.15) is 0 Å². The number of carbonyl (C=O) groups is 1. The summed E-state index contributed by atoms with van der Waals surface area (Å²) in [4.78, 5) is 11.6. The predicted molar refractivity (Wildman–Crippen MR) is 94.1 cm³/mol. The lowest BCUT2D eigenvalue weighted by atomic mass is 9.93. The maximum Gasteiger partial charge on any atom is 0.337 e. The van der Waals surface area contributed by atoms with Gasteiger partial charge in [0.1, 0.15) is 5.75 Å². The Bertz CT molecular complexity index is 837. The zero-order valence-electron chi connectivity index (χ0n) is 13.4. The highest BCUT2D eigenvalue weighted by Crippen LogP contribution is 2.34. The van der Waals surface area contributed by atoms with Crippen LogP contribution in [-0.2, 0) is 11.2 Å². The number of phenols is 1. The maximum atomic E-state index is 11.6. The first-order valence-corrected chi connectivity index (χ1v) is 7.72. The predicted octanol–water partition coefficient (Wildman–Crippen LogP) is 4.44. The summed E-state index contributed by atoms with van der Waals surface area (Å²) in [5.41, 5.74) is 4.35. The molecule has 0 atom stereocenters. The van der Waals surface area contributed by atoms with Crippen LogP contribution >= 0.6 is 0 Å². The van der Waals surface area contributed by atoms with E-state index in [1.54, 1.807) is 18.2 Å².